The van der Waals surface area contributed by atoms with Crippen molar-refractivity contribution in [3.05, 3.63) is 29.8 Å². The van der Waals surface area contributed by atoms with Crippen LogP contribution in [-0.2, 0) is 6.42 Å². The molecule has 2 rings (SSSR count). The van der Waals surface area contributed by atoms with Gasteiger partial charge in [-0.3, -0.25) is 0 Å². The first-order chi connectivity index (χ1) is 8.60. The molecule has 0 radical (unpaired) electrons. The van der Waals surface area contributed by atoms with Crippen molar-refractivity contribution in [2.45, 2.75) is 19.4 Å². The number of nitrogens with zero attached hydrogens (tertiary/aromatic N) is 2. The molecule has 1 unspecified atom stereocenters. The summed E-state index contributed by atoms with van der Waals surface area (Å²) in [5.41, 5.74) is 6.25. The molecule has 0 saturated heterocycles. The highest BCUT2D eigenvalue weighted by Crippen LogP contribution is 2.25. The van der Waals surface area contributed by atoms with Gasteiger partial charge < -0.3 is 15.0 Å². The minimum atomic E-state index is -0.434. The highest BCUT2D eigenvalue weighted by atomic mass is 19.1. The SMILES string of the molecule is COc1cc(-c2nc(CC(C)N)no2)ccc1F. The Labute approximate surface area is 104 Å². The standard InChI is InChI=1S/C12H14FN3O2/c1-7(14)5-11-15-12(18-16-11)8-3-4-9(13)10(6-8)17-2/h3-4,6-7H,5,14H2,1-2H3. The van der Waals surface area contributed by atoms with Crippen LogP contribution < -0.4 is 10.5 Å². The number of hydrogen-bond acceptors (Lipinski definition) is 5. The molecule has 0 spiro atoms. The van der Waals surface area contributed by atoms with Crippen molar-refractivity contribution in [2.75, 3.05) is 7.11 Å². The number of hydrogen-bond donors (Lipinski definition) is 1. The Balaban J connectivity index is 2.28. The first-order valence-electron chi connectivity index (χ1n) is 5.52. The smallest absolute Gasteiger partial charge is 0.258 e. The molecule has 2 aromatic rings. The second kappa shape index (κ2) is 5.14. The fraction of sp³-hybridized carbons (Fsp3) is 0.333. The van der Waals surface area contributed by atoms with Gasteiger partial charge in [0.1, 0.15) is 0 Å². The molecule has 0 aliphatic rings. The molecule has 96 valence electrons. The van der Waals surface area contributed by atoms with Crippen LogP contribution in [0.3, 0.4) is 0 Å². The van der Waals surface area contributed by atoms with E-state index in [9.17, 15) is 4.39 Å². The van der Waals surface area contributed by atoms with Crippen molar-refractivity contribution in [1.29, 1.82) is 0 Å². The molecule has 0 bridgehead atoms. The summed E-state index contributed by atoms with van der Waals surface area (Å²) in [6, 6.07) is 4.32. The summed E-state index contributed by atoms with van der Waals surface area (Å²) in [4.78, 5) is 4.19. The number of nitrogens with two attached hydrogens (primary N) is 1. The lowest BCUT2D eigenvalue weighted by molar-refractivity contribution is 0.386. The zero-order valence-electron chi connectivity index (χ0n) is 10.2. The number of ether oxygens (including phenoxy) is 1. The predicted octanol–water partition coefficient (Wildman–Crippen LogP) is 1.77. The Morgan fingerprint density at radius 3 is 2.94 bits per heavy atom. The monoisotopic (exact) mass is 251 g/mol. The maximum absolute atomic E-state index is 13.3. The van der Waals surface area contributed by atoms with Crippen molar-refractivity contribution in [3.63, 3.8) is 0 Å². The Bertz CT molecular complexity index is 540. The Kier molecular flexibility index (Phi) is 3.57. The average Bonchev–Trinajstić information content (AvgIpc) is 2.77. The summed E-state index contributed by atoms with van der Waals surface area (Å²) in [6.45, 7) is 1.86. The normalized spacial score (nSPS) is 12.4. The van der Waals surface area contributed by atoms with Crippen molar-refractivity contribution in [1.82, 2.24) is 10.1 Å². The highest BCUT2D eigenvalue weighted by Gasteiger charge is 2.12. The Morgan fingerprint density at radius 2 is 2.28 bits per heavy atom. The third kappa shape index (κ3) is 2.65. The zero-order chi connectivity index (χ0) is 13.1. The van der Waals surface area contributed by atoms with Gasteiger partial charge in [0.25, 0.3) is 5.89 Å². The van der Waals surface area contributed by atoms with Crippen molar-refractivity contribution in [3.8, 4) is 17.2 Å². The summed E-state index contributed by atoms with van der Waals surface area (Å²) in [5, 5.41) is 3.81. The second-order valence-electron chi connectivity index (χ2n) is 4.05. The van der Waals surface area contributed by atoms with Gasteiger partial charge in [0.15, 0.2) is 17.4 Å². The average molecular weight is 251 g/mol. The van der Waals surface area contributed by atoms with Gasteiger partial charge >= 0.3 is 0 Å². The van der Waals surface area contributed by atoms with Crippen LogP contribution >= 0.6 is 0 Å². The lowest BCUT2D eigenvalue weighted by Crippen LogP contribution is -2.18. The summed E-state index contributed by atoms with van der Waals surface area (Å²) >= 11 is 0. The molecule has 1 atom stereocenters. The van der Waals surface area contributed by atoms with Crippen LogP contribution in [-0.4, -0.2) is 23.3 Å². The first kappa shape index (κ1) is 12.5. The molecule has 1 heterocycles. The molecule has 6 heteroatoms. The third-order valence-electron chi connectivity index (χ3n) is 2.37. The van der Waals surface area contributed by atoms with Gasteiger partial charge in [-0.25, -0.2) is 4.39 Å². The maximum atomic E-state index is 13.3. The van der Waals surface area contributed by atoms with E-state index in [4.69, 9.17) is 15.0 Å². The number of aromatic nitrogens is 2. The van der Waals surface area contributed by atoms with Crippen LogP contribution in [0.15, 0.2) is 22.7 Å². The van der Waals surface area contributed by atoms with Crippen LogP contribution in [0.1, 0.15) is 12.7 Å². The maximum Gasteiger partial charge on any atom is 0.258 e. The van der Waals surface area contributed by atoms with Gasteiger partial charge in [0, 0.05) is 18.0 Å². The van der Waals surface area contributed by atoms with Crippen molar-refractivity contribution >= 4 is 0 Å². The van der Waals surface area contributed by atoms with E-state index in [0.29, 0.717) is 23.7 Å². The molecule has 1 aromatic heterocycles. The largest absolute Gasteiger partial charge is 0.494 e. The van der Waals surface area contributed by atoms with Gasteiger partial charge in [-0.2, -0.15) is 4.98 Å². The lowest BCUT2D eigenvalue weighted by atomic mass is 10.2. The molecule has 0 saturated carbocycles. The minimum Gasteiger partial charge on any atom is -0.494 e. The Morgan fingerprint density at radius 1 is 1.50 bits per heavy atom. The van der Waals surface area contributed by atoms with E-state index in [2.05, 4.69) is 10.1 Å². The van der Waals surface area contributed by atoms with E-state index < -0.39 is 5.82 Å². The van der Waals surface area contributed by atoms with Crippen LogP contribution in [0, 0.1) is 5.82 Å². The van der Waals surface area contributed by atoms with Crippen LogP contribution in [0.4, 0.5) is 4.39 Å². The van der Waals surface area contributed by atoms with Crippen LogP contribution in [0.5, 0.6) is 5.75 Å². The molecule has 0 fully saturated rings. The van der Waals surface area contributed by atoms with Gasteiger partial charge in [0.05, 0.1) is 7.11 Å². The van der Waals surface area contributed by atoms with E-state index in [-0.39, 0.29) is 11.8 Å². The number of halogens is 1. The summed E-state index contributed by atoms with van der Waals surface area (Å²) in [6.07, 6.45) is 0.530. The minimum absolute atomic E-state index is 0.0433. The van der Waals surface area contributed by atoms with Crippen LogP contribution in [0.2, 0.25) is 0 Å². The first-order valence-corrected chi connectivity index (χ1v) is 5.52. The van der Waals surface area contributed by atoms with Crippen LogP contribution in [0.25, 0.3) is 11.5 Å². The quantitative estimate of drug-likeness (QED) is 0.896. The second-order valence-corrected chi connectivity index (χ2v) is 4.05. The molecule has 5 nitrogen and oxygen atoms in total. The fourth-order valence-corrected chi connectivity index (χ4v) is 1.53. The molecule has 18 heavy (non-hydrogen) atoms. The summed E-state index contributed by atoms with van der Waals surface area (Å²) < 4.78 is 23.2. The number of rotatable bonds is 4. The molecule has 0 aliphatic heterocycles. The van der Waals surface area contributed by atoms with Gasteiger partial charge in [-0.05, 0) is 25.1 Å². The third-order valence-corrected chi connectivity index (χ3v) is 2.37. The van der Waals surface area contributed by atoms with Crippen molar-refractivity contribution in [2.24, 2.45) is 5.73 Å². The molecule has 2 N–H and O–H groups in total. The summed E-state index contributed by atoms with van der Waals surface area (Å²) in [7, 11) is 1.40. The van der Waals surface area contributed by atoms with Gasteiger partial charge in [0.2, 0.25) is 0 Å². The predicted molar refractivity (Wildman–Crippen MR) is 63.6 cm³/mol. The number of methoxy groups -OCH3 is 1. The van der Waals surface area contributed by atoms with E-state index in [1.54, 1.807) is 6.07 Å². The summed E-state index contributed by atoms with van der Waals surface area (Å²) in [5.74, 6) is 0.559. The molecule has 0 amide bonds. The zero-order valence-corrected chi connectivity index (χ0v) is 10.2. The van der Waals surface area contributed by atoms with E-state index in [1.165, 1.54) is 19.2 Å². The van der Waals surface area contributed by atoms with E-state index in [0.717, 1.165) is 0 Å². The Hall–Kier alpha value is -1.95. The molecular formula is C12H14FN3O2. The number of benzene rings is 1. The molecular weight excluding hydrogens is 237 g/mol. The van der Waals surface area contributed by atoms with E-state index >= 15 is 0 Å². The van der Waals surface area contributed by atoms with Crippen molar-refractivity contribution < 1.29 is 13.7 Å². The fourth-order valence-electron chi connectivity index (χ4n) is 1.53. The van der Waals surface area contributed by atoms with E-state index in [1.807, 2.05) is 6.92 Å². The molecule has 1 aromatic carbocycles. The molecule has 0 aliphatic carbocycles. The topological polar surface area (TPSA) is 74.2 Å². The van der Waals surface area contributed by atoms with Gasteiger partial charge in [-0.15, -0.1) is 0 Å². The highest BCUT2D eigenvalue weighted by molar-refractivity contribution is 5.55. The lowest BCUT2D eigenvalue weighted by Gasteiger charge is -2.02. The van der Waals surface area contributed by atoms with Gasteiger partial charge in [-0.1, -0.05) is 5.16 Å².